The lowest BCUT2D eigenvalue weighted by Crippen LogP contribution is -2.07. The second-order valence-electron chi connectivity index (χ2n) is 4.48. The van der Waals surface area contributed by atoms with Crippen LogP contribution in [0.5, 0.6) is 0 Å². The zero-order valence-electron chi connectivity index (χ0n) is 9.14. The van der Waals surface area contributed by atoms with Gasteiger partial charge in [-0.05, 0) is 25.5 Å². The number of hydrogen-bond donors (Lipinski definition) is 0. The molecular weight excluding hydrogens is 176 g/mol. The summed E-state index contributed by atoms with van der Waals surface area (Å²) in [6, 6.07) is 6.64. The van der Waals surface area contributed by atoms with Crippen molar-refractivity contribution in [1.29, 1.82) is 0 Å². The summed E-state index contributed by atoms with van der Waals surface area (Å²) in [7, 11) is 0. The highest BCUT2D eigenvalue weighted by atomic mass is 32.2. The van der Waals surface area contributed by atoms with Gasteiger partial charge in [-0.2, -0.15) is 0 Å². The van der Waals surface area contributed by atoms with Crippen LogP contribution in [-0.2, 0) is 0 Å². The molecule has 0 nitrogen and oxygen atoms in total. The molecule has 0 spiro atoms. The van der Waals surface area contributed by atoms with Gasteiger partial charge in [-0.3, -0.25) is 0 Å². The molecule has 1 heteroatoms. The zero-order chi connectivity index (χ0) is 10.1. The van der Waals surface area contributed by atoms with Gasteiger partial charge in [0.15, 0.2) is 0 Å². The number of benzene rings is 1. The Balaban J connectivity index is 2.94. The summed E-state index contributed by atoms with van der Waals surface area (Å²) < 4.78 is 0.304. The van der Waals surface area contributed by atoms with Crippen molar-refractivity contribution >= 4 is 11.8 Å². The van der Waals surface area contributed by atoms with E-state index < -0.39 is 0 Å². The van der Waals surface area contributed by atoms with Crippen LogP contribution in [0.1, 0.15) is 31.9 Å². The number of rotatable bonds is 1. The molecule has 1 aromatic carbocycles. The van der Waals surface area contributed by atoms with E-state index >= 15 is 0 Å². The van der Waals surface area contributed by atoms with E-state index in [4.69, 9.17) is 0 Å². The Kier molecular flexibility index (Phi) is 3.07. The van der Waals surface area contributed by atoms with Gasteiger partial charge in [-0.1, -0.05) is 38.5 Å². The predicted molar refractivity (Wildman–Crippen MR) is 61.5 cm³/mol. The van der Waals surface area contributed by atoms with Crippen molar-refractivity contribution in [3.63, 3.8) is 0 Å². The van der Waals surface area contributed by atoms with E-state index in [0.29, 0.717) is 4.75 Å². The first-order valence-electron chi connectivity index (χ1n) is 4.65. The normalized spacial score (nSPS) is 11.8. The lowest BCUT2D eigenvalue weighted by atomic mass is 10.2. The first-order chi connectivity index (χ1) is 5.88. The van der Waals surface area contributed by atoms with Crippen LogP contribution in [0.15, 0.2) is 23.1 Å². The van der Waals surface area contributed by atoms with Crippen molar-refractivity contribution in [3.8, 4) is 0 Å². The molecule has 13 heavy (non-hydrogen) atoms. The van der Waals surface area contributed by atoms with Crippen LogP contribution in [-0.4, -0.2) is 4.75 Å². The third-order valence-electron chi connectivity index (χ3n) is 1.76. The third-order valence-corrected chi connectivity index (χ3v) is 3.03. The average molecular weight is 194 g/mol. The van der Waals surface area contributed by atoms with Gasteiger partial charge in [0.05, 0.1) is 0 Å². The van der Waals surface area contributed by atoms with E-state index in [1.807, 2.05) is 11.8 Å². The van der Waals surface area contributed by atoms with Gasteiger partial charge < -0.3 is 0 Å². The minimum Gasteiger partial charge on any atom is -0.120 e. The third kappa shape index (κ3) is 3.43. The summed E-state index contributed by atoms with van der Waals surface area (Å²) in [5.41, 5.74) is 2.72. The van der Waals surface area contributed by atoms with E-state index in [1.165, 1.54) is 16.0 Å². The maximum atomic E-state index is 2.27. The molecule has 0 aliphatic rings. The summed E-state index contributed by atoms with van der Waals surface area (Å²) in [5.74, 6) is 0. The molecule has 0 saturated heterocycles. The second kappa shape index (κ2) is 3.75. The standard InChI is InChI=1S/C12H18S/c1-9-6-7-10(2)11(8-9)13-12(3,4)5/h6-8H,1-5H3. The van der Waals surface area contributed by atoms with Gasteiger partial charge in [0, 0.05) is 9.64 Å². The Hall–Kier alpha value is -0.430. The van der Waals surface area contributed by atoms with Crippen molar-refractivity contribution in [2.45, 2.75) is 44.3 Å². The molecule has 0 unspecified atom stereocenters. The van der Waals surface area contributed by atoms with Crippen LogP contribution in [0, 0.1) is 13.8 Å². The Morgan fingerprint density at radius 3 is 2.23 bits per heavy atom. The lowest BCUT2D eigenvalue weighted by molar-refractivity contribution is 0.802. The first-order valence-corrected chi connectivity index (χ1v) is 5.46. The molecule has 72 valence electrons. The molecule has 0 aliphatic carbocycles. The highest BCUT2D eigenvalue weighted by Crippen LogP contribution is 2.34. The molecule has 1 aromatic rings. The highest BCUT2D eigenvalue weighted by Gasteiger charge is 2.13. The van der Waals surface area contributed by atoms with Gasteiger partial charge in [0.1, 0.15) is 0 Å². The zero-order valence-corrected chi connectivity index (χ0v) is 9.96. The molecule has 0 atom stereocenters. The second-order valence-corrected chi connectivity index (χ2v) is 6.35. The minimum atomic E-state index is 0.304. The molecule has 0 amide bonds. The lowest BCUT2D eigenvalue weighted by Gasteiger charge is -2.19. The Morgan fingerprint density at radius 1 is 1.08 bits per heavy atom. The predicted octanol–water partition coefficient (Wildman–Crippen LogP) is 4.19. The van der Waals surface area contributed by atoms with Crippen LogP contribution in [0.4, 0.5) is 0 Å². The molecule has 0 aliphatic heterocycles. The van der Waals surface area contributed by atoms with Crippen molar-refractivity contribution in [2.24, 2.45) is 0 Å². The fraction of sp³-hybridized carbons (Fsp3) is 0.500. The van der Waals surface area contributed by atoms with Crippen molar-refractivity contribution in [2.75, 3.05) is 0 Å². The summed E-state index contributed by atoms with van der Waals surface area (Å²) in [6.07, 6.45) is 0. The molecule has 0 aromatic heterocycles. The molecule has 0 bridgehead atoms. The van der Waals surface area contributed by atoms with Gasteiger partial charge in [-0.25, -0.2) is 0 Å². The van der Waals surface area contributed by atoms with Gasteiger partial charge in [0.25, 0.3) is 0 Å². The fourth-order valence-electron chi connectivity index (χ4n) is 1.15. The van der Waals surface area contributed by atoms with Crippen molar-refractivity contribution in [1.82, 2.24) is 0 Å². The summed E-state index contributed by atoms with van der Waals surface area (Å²) in [4.78, 5) is 1.41. The maximum Gasteiger partial charge on any atom is 0.0122 e. The van der Waals surface area contributed by atoms with Gasteiger partial charge in [-0.15, -0.1) is 11.8 Å². The van der Waals surface area contributed by atoms with Crippen LogP contribution in [0.3, 0.4) is 0 Å². The minimum absolute atomic E-state index is 0.304. The Labute approximate surface area is 85.7 Å². The summed E-state index contributed by atoms with van der Waals surface area (Å²) in [6.45, 7) is 11.1. The van der Waals surface area contributed by atoms with Gasteiger partial charge >= 0.3 is 0 Å². The largest absolute Gasteiger partial charge is 0.120 e. The Morgan fingerprint density at radius 2 is 1.69 bits per heavy atom. The highest BCUT2D eigenvalue weighted by molar-refractivity contribution is 8.00. The Bertz CT molecular complexity index is 294. The number of hydrogen-bond acceptors (Lipinski definition) is 1. The maximum absolute atomic E-state index is 2.27. The average Bonchev–Trinajstić information content (AvgIpc) is 1.94. The molecule has 0 heterocycles. The van der Waals surface area contributed by atoms with E-state index in [-0.39, 0.29) is 0 Å². The molecule has 0 radical (unpaired) electrons. The molecule has 0 N–H and O–H groups in total. The van der Waals surface area contributed by atoms with E-state index in [1.54, 1.807) is 0 Å². The summed E-state index contributed by atoms with van der Waals surface area (Å²) in [5, 5.41) is 0. The monoisotopic (exact) mass is 194 g/mol. The fourth-order valence-corrected chi connectivity index (χ4v) is 2.28. The van der Waals surface area contributed by atoms with Crippen molar-refractivity contribution in [3.05, 3.63) is 29.3 Å². The SMILES string of the molecule is Cc1ccc(C)c(SC(C)(C)C)c1. The summed E-state index contributed by atoms with van der Waals surface area (Å²) >= 11 is 1.94. The van der Waals surface area contributed by atoms with E-state index in [2.05, 4.69) is 52.8 Å². The topological polar surface area (TPSA) is 0 Å². The number of aryl methyl sites for hydroxylation is 2. The van der Waals surface area contributed by atoms with Crippen LogP contribution >= 0.6 is 11.8 Å². The van der Waals surface area contributed by atoms with E-state index in [9.17, 15) is 0 Å². The first kappa shape index (κ1) is 10.6. The van der Waals surface area contributed by atoms with Crippen LogP contribution in [0.25, 0.3) is 0 Å². The quantitative estimate of drug-likeness (QED) is 0.604. The van der Waals surface area contributed by atoms with Crippen LogP contribution < -0.4 is 0 Å². The van der Waals surface area contributed by atoms with E-state index in [0.717, 1.165) is 0 Å². The van der Waals surface area contributed by atoms with Gasteiger partial charge in [0.2, 0.25) is 0 Å². The number of thioether (sulfide) groups is 1. The smallest absolute Gasteiger partial charge is 0.0122 e. The van der Waals surface area contributed by atoms with Crippen LogP contribution in [0.2, 0.25) is 0 Å². The molecule has 0 saturated carbocycles. The molecular formula is C12H18S. The molecule has 0 fully saturated rings. The van der Waals surface area contributed by atoms with Crippen molar-refractivity contribution < 1.29 is 0 Å². The molecule has 1 rings (SSSR count).